The highest BCUT2D eigenvalue weighted by Crippen LogP contribution is 2.16. The second kappa shape index (κ2) is 9.35. The number of carbonyl (C=O) groups is 2. The van der Waals surface area contributed by atoms with E-state index in [2.05, 4.69) is 5.32 Å². The Kier molecular flexibility index (Phi) is 6.83. The highest BCUT2D eigenvalue weighted by atomic mass is 16.5. The van der Waals surface area contributed by atoms with Crippen molar-refractivity contribution in [1.29, 1.82) is 0 Å². The Labute approximate surface area is 141 Å². The summed E-state index contributed by atoms with van der Waals surface area (Å²) in [5.74, 6) is 1.04. The van der Waals surface area contributed by atoms with Crippen LogP contribution < -0.4 is 14.8 Å². The molecule has 0 aliphatic heterocycles. The minimum absolute atomic E-state index is 0.122. The number of amides is 1. The molecule has 5 nitrogen and oxygen atoms in total. The van der Waals surface area contributed by atoms with Gasteiger partial charge in [-0.05, 0) is 37.1 Å². The first-order valence-electron chi connectivity index (χ1n) is 7.83. The summed E-state index contributed by atoms with van der Waals surface area (Å²) in [6.45, 7) is 2.90. The van der Waals surface area contributed by atoms with Gasteiger partial charge in [-0.15, -0.1) is 0 Å². The van der Waals surface area contributed by atoms with Gasteiger partial charge in [0.05, 0.1) is 12.2 Å². The van der Waals surface area contributed by atoms with Gasteiger partial charge in [-0.25, -0.2) is 0 Å². The van der Waals surface area contributed by atoms with Crippen LogP contribution in [0.5, 0.6) is 11.5 Å². The van der Waals surface area contributed by atoms with Crippen molar-refractivity contribution in [3.63, 3.8) is 0 Å². The monoisotopic (exact) mass is 327 g/mol. The lowest BCUT2D eigenvalue weighted by Gasteiger charge is -2.10. The average Bonchev–Trinajstić information content (AvgIpc) is 2.61. The molecule has 0 fully saturated rings. The normalized spacial score (nSPS) is 10.0. The number of hydrogen-bond acceptors (Lipinski definition) is 4. The van der Waals surface area contributed by atoms with E-state index in [0.717, 1.165) is 11.3 Å². The number of hydrogen-bond donors (Lipinski definition) is 1. The first kappa shape index (κ1) is 17.5. The molecule has 0 bridgehead atoms. The molecule has 0 aliphatic rings. The summed E-state index contributed by atoms with van der Waals surface area (Å²) < 4.78 is 11.0. The van der Waals surface area contributed by atoms with Gasteiger partial charge in [0.2, 0.25) is 0 Å². The highest BCUT2D eigenvalue weighted by molar-refractivity contribution is 5.80. The van der Waals surface area contributed by atoms with Crippen LogP contribution in [0.3, 0.4) is 0 Å². The Morgan fingerprint density at radius 3 is 2.50 bits per heavy atom. The Morgan fingerprint density at radius 2 is 1.75 bits per heavy atom. The summed E-state index contributed by atoms with van der Waals surface area (Å²) in [7, 11) is 0. The fourth-order valence-electron chi connectivity index (χ4n) is 2.10. The molecule has 2 rings (SSSR count). The van der Waals surface area contributed by atoms with Gasteiger partial charge in [0.25, 0.3) is 5.91 Å². The predicted molar refractivity (Wildman–Crippen MR) is 91.6 cm³/mol. The standard InChI is InChI=1S/C19H21NO4/c1-15-7-2-4-9-17(15)23-12-6-11-20-19(22)14-24-18-10-5-3-8-16(18)13-21/h2-5,7-10,13H,6,11-12,14H2,1H3,(H,20,22). The van der Waals surface area contributed by atoms with Crippen LogP contribution in [0.1, 0.15) is 22.3 Å². The summed E-state index contributed by atoms with van der Waals surface area (Å²) in [5, 5.41) is 2.76. The number of para-hydroxylation sites is 2. The SMILES string of the molecule is Cc1ccccc1OCCCNC(=O)COc1ccccc1C=O. The molecule has 24 heavy (non-hydrogen) atoms. The van der Waals surface area contributed by atoms with Crippen LogP contribution in [0, 0.1) is 6.92 Å². The molecule has 0 atom stereocenters. The van der Waals surface area contributed by atoms with E-state index in [4.69, 9.17) is 9.47 Å². The second-order valence-corrected chi connectivity index (χ2v) is 5.26. The molecular weight excluding hydrogens is 306 g/mol. The van der Waals surface area contributed by atoms with Crippen LogP contribution in [0.15, 0.2) is 48.5 Å². The Hall–Kier alpha value is -2.82. The van der Waals surface area contributed by atoms with Gasteiger partial charge in [0.15, 0.2) is 12.9 Å². The molecule has 0 heterocycles. The van der Waals surface area contributed by atoms with Gasteiger partial charge < -0.3 is 14.8 Å². The number of nitrogens with one attached hydrogen (secondary N) is 1. The maximum absolute atomic E-state index is 11.7. The lowest BCUT2D eigenvalue weighted by molar-refractivity contribution is -0.123. The minimum atomic E-state index is -0.230. The minimum Gasteiger partial charge on any atom is -0.493 e. The van der Waals surface area contributed by atoms with Crippen molar-refractivity contribution in [2.75, 3.05) is 19.8 Å². The van der Waals surface area contributed by atoms with E-state index in [9.17, 15) is 9.59 Å². The third-order valence-electron chi connectivity index (χ3n) is 3.40. The van der Waals surface area contributed by atoms with E-state index < -0.39 is 0 Å². The lowest BCUT2D eigenvalue weighted by atomic mass is 10.2. The van der Waals surface area contributed by atoms with Gasteiger partial charge in [0, 0.05) is 6.54 Å². The topological polar surface area (TPSA) is 64.6 Å². The molecule has 0 saturated carbocycles. The molecule has 2 aromatic rings. The van der Waals surface area contributed by atoms with Crippen molar-refractivity contribution in [3.05, 3.63) is 59.7 Å². The first-order valence-corrected chi connectivity index (χ1v) is 7.83. The maximum Gasteiger partial charge on any atom is 0.257 e. The highest BCUT2D eigenvalue weighted by Gasteiger charge is 2.05. The molecule has 1 N–H and O–H groups in total. The third kappa shape index (κ3) is 5.43. The molecule has 0 aromatic heterocycles. The van der Waals surface area contributed by atoms with Crippen LogP contribution in [-0.4, -0.2) is 32.0 Å². The van der Waals surface area contributed by atoms with Gasteiger partial charge in [-0.2, -0.15) is 0 Å². The van der Waals surface area contributed by atoms with Crippen LogP contribution >= 0.6 is 0 Å². The van der Waals surface area contributed by atoms with Gasteiger partial charge in [0.1, 0.15) is 11.5 Å². The summed E-state index contributed by atoms with van der Waals surface area (Å²) in [6, 6.07) is 14.6. The lowest BCUT2D eigenvalue weighted by Crippen LogP contribution is -2.30. The molecule has 0 aliphatic carbocycles. The van der Waals surface area contributed by atoms with Crippen LogP contribution in [0.25, 0.3) is 0 Å². The van der Waals surface area contributed by atoms with E-state index in [1.54, 1.807) is 24.3 Å². The van der Waals surface area contributed by atoms with Crippen molar-refractivity contribution in [2.45, 2.75) is 13.3 Å². The number of aryl methyl sites for hydroxylation is 1. The molecule has 1 amide bonds. The summed E-state index contributed by atoms with van der Waals surface area (Å²) >= 11 is 0. The second-order valence-electron chi connectivity index (χ2n) is 5.26. The van der Waals surface area contributed by atoms with Crippen LogP contribution in [0.4, 0.5) is 0 Å². The van der Waals surface area contributed by atoms with Crippen molar-refractivity contribution in [1.82, 2.24) is 5.32 Å². The molecule has 5 heteroatoms. The quantitative estimate of drug-likeness (QED) is 0.568. The zero-order valence-corrected chi connectivity index (χ0v) is 13.7. The zero-order valence-electron chi connectivity index (χ0n) is 13.7. The summed E-state index contributed by atoms with van der Waals surface area (Å²) in [5.41, 5.74) is 1.51. The van der Waals surface area contributed by atoms with Gasteiger partial charge in [-0.1, -0.05) is 30.3 Å². The predicted octanol–water partition coefficient (Wildman–Crippen LogP) is 2.77. The molecule has 126 valence electrons. The Balaban J connectivity index is 1.63. The largest absolute Gasteiger partial charge is 0.493 e. The molecule has 2 aromatic carbocycles. The van der Waals surface area contributed by atoms with E-state index in [1.165, 1.54) is 0 Å². The maximum atomic E-state index is 11.7. The van der Waals surface area contributed by atoms with Gasteiger partial charge in [-0.3, -0.25) is 9.59 Å². The Morgan fingerprint density at radius 1 is 1.04 bits per heavy atom. The van der Waals surface area contributed by atoms with E-state index in [1.807, 2.05) is 31.2 Å². The molecular formula is C19H21NO4. The van der Waals surface area contributed by atoms with E-state index in [-0.39, 0.29) is 12.5 Å². The zero-order chi connectivity index (χ0) is 17.2. The van der Waals surface area contributed by atoms with E-state index in [0.29, 0.717) is 37.2 Å². The average molecular weight is 327 g/mol. The fraction of sp³-hybridized carbons (Fsp3) is 0.263. The first-order chi connectivity index (χ1) is 11.7. The van der Waals surface area contributed by atoms with Crippen molar-refractivity contribution >= 4 is 12.2 Å². The fourth-order valence-corrected chi connectivity index (χ4v) is 2.10. The van der Waals surface area contributed by atoms with Crippen molar-refractivity contribution < 1.29 is 19.1 Å². The van der Waals surface area contributed by atoms with Crippen LogP contribution in [-0.2, 0) is 4.79 Å². The molecule has 0 saturated heterocycles. The smallest absolute Gasteiger partial charge is 0.257 e. The number of rotatable bonds is 9. The molecule has 0 unspecified atom stereocenters. The summed E-state index contributed by atoms with van der Waals surface area (Å²) in [4.78, 5) is 22.6. The van der Waals surface area contributed by atoms with Crippen LogP contribution in [0.2, 0.25) is 0 Å². The molecule has 0 spiro atoms. The van der Waals surface area contributed by atoms with Crippen molar-refractivity contribution in [2.24, 2.45) is 0 Å². The Bertz CT molecular complexity index is 685. The van der Waals surface area contributed by atoms with Gasteiger partial charge >= 0.3 is 0 Å². The van der Waals surface area contributed by atoms with Crippen molar-refractivity contribution in [3.8, 4) is 11.5 Å². The number of ether oxygens (including phenoxy) is 2. The number of carbonyl (C=O) groups excluding carboxylic acids is 2. The molecule has 0 radical (unpaired) electrons. The number of aldehydes is 1. The third-order valence-corrected chi connectivity index (χ3v) is 3.40. The van der Waals surface area contributed by atoms with E-state index >= 15 is 0 Å². The summed E-state index contributed by atoms with van der Waals surface area (Å²) in [6.07, 6.45) is 1.40. The number of benzene rings is 2.